The van der Waals surface area contributed by atoms with E-state index in [0.717, 1.165) is 77.1 Å². The zero-order valence-corrected chi connectivity index (χ0v) is 28.1. The van der Waals surface area contributed by atoms with Gasteiger partial charge < -0.3 is 14.9 Å². The van der Waals surface area contributed by atoms with Gasteiger partial charge in [0.15, 0.2) is 5.78 Å². The summed E-state index contributed by atoms with van der Waals surface area (Å²) in [5.41, 5.74) is 8.31. The first-order valence-corrected chi connectivity index (χ1v) is 19.1. The largest absolute Gasteiger partial charge is 0.508 e. The molecule has 0 saturated carbocycles. The van der Waals surface area contributed by atoms with Crippen LogP contribution >= 0.6 is 0 Å². The van der Waals surface area contributed by atoms with Crippen LogP contribution in [0.5, 0.6) is 5.75 Å². The number of fused-ring (bicyclic) bond motifs is 2. The van der Waals surface area contributed by atoms with Crippen molar-refractivity contribution in [2.45, 2.75) is 39.8 Å². The molecule has 3 aliphatic rings. The van der Waals surface area contributed by atoms with Crippen LogP contribution in [-0.4, -0.2) is 74.4 Å². The number of piperazine rings is 1. The van der Waals surface area contributed by atoms with Crippen LogP contribution in [0.25, 0.3) is 5.57 Å². The number of hydrogen-bond donors (Lipinski definition) is 1. The van der Waals surface area contributed by atoms with Gasteiger partial charge in [0, 0.05) is 50.2 Å². The molecule has 0 atom stereocenters. The maximum Gasteiger partial charge on any atom is 0.253 e. The maximum absolute atomic E-state index is 13.6. The number of rotatable bonds is 7. The van der Waals surface area contributed by atoms with E-state index < -0.39 is 8.07 Å². The summed E-state index contributed by atoms with van der Waals surface area (Å²) in [6.45, 7) is 13.4. The third-order valence-corrected chi connectivity index (χ3v) is 13.3. The number of unbranched alkanes of at least 4 members (excludes halogenated alkanes) is 1. The van der Waals surface area contributed by atoms with Crippen LogP contribution < -0.4 is 10.1 Å². The molecule has 45 heavy (non-hydrogen) atoms. The fourth-order valence-electron chi connectivity index (χ4n) is 6.96. The molecular formula is C38H43N3O3Si. The molecular weight excluding hydrogens is 575 g/mol. The molecule has 6 rings (SSSR count). The Morgan fingerprint density at radius 1 is 0.911 bits per heavy atom. The molecule has 1 aliphatic carbocycles. The minimum absolute atomic E-state index is 0.0296. The average molecular weight is 618 g/mol. The summed E-state index contributed by atoms with van der Waals surface area (Å²) < 4.78 is 0. The Kier molecular flexibility index (Phi) is 8.42. The predicted octanol–water partition coefficient (Wildman–Crippen LogP) is 6.36. The fourth-order valence-corrected chi connectivity index (χ4v) is 10.0. The Balaban J connectivity index is 1.37. The van der Waals surface area contributed by atoms with Gasteiger partial charge in [-0.3, -0.25) is 14.5 Å². The zero-order valence-electron chi connectivity index (χ0n) is 27.1. The number of carbonyl (C=O) groups excluding carboxylic acids is 2. The molecule has 3 aromatic rings. The molecule has 1 N–H and O–H groups in total. The van der Waals surface area contributed by atoms with Crippen LogP contribution in [-0.2, 0) is 4.79 Å². The molecule has 6 nitrogen and oxygen atoms in total. The lowest BCUT2D eigenvalue weighted by Crippen LogP contribution is -2.49. The van der Waals surface area contributed by atoms with Crippen LogP contribution in [0.15, 0.2) is 89.7 Å². The third kappa shape index (κ3) is 5.82. The van der Waals surface area contributed by atoms with Gasteiger partial charge >= 0.3 is 0 Å². The van der Waals surface area contributed by atoms with Gasteiger partial charge in [0.2, 0.25) is 0 Å². The molecule has 1 saturated heterocycles. The Morgan fingerprint density at radius 2 is 1.60 bits per heavy atom. The Labute approximate surface area is 268 Å². The number of carbonyl (C=O) groups is 2. The van der Waals surface area contributed by atoms with Gasteiger partial charge in [-0.2, -0.15) is 0 Å². The highest BCUT2D eigenvalue weighted by Gasteiger charge is 2.40. The van der Waals surface area contributed by atoms with E-state index in [-0.39, 0.29) is 17.4 Å². The summed E-state index contributed by atoms with van der Waals surface area (Å²) in [6, 6.07) is 20.0. The van der Waals surface area contributed by atoms with E-state index in [1.54, 1.807) is 18.2 Å². The molecule has 1 amide bonds. The SMILES string of the molecule is CCCCN1CCN(C(=O)c2ccc(C3=C4C=CC(=O)C=C4[Si](C)(C)c4cc(N(C)c5ccc(O)cc5)ccc43)c(C)c2)CC1. The number of hydrogen-bond acceptors (Lipinski definition) is 5. The van der Waals surface area contributed by atoms with Crippen molar-refractivity contribution in [2.24, 2.45) is 0 Å². The Hall–Kier alpha value is -4.20. The maximum atomic E-state index is 13.6. The lowest BCUT2D eigenvalue weighted by Gasteiger charge is -2.38. The van der Waals surface area contributed by atoms with Crippen molar-refractivity contribution in [2.75, 3.05) is 44.7 Å². The third-order valence-electron chi connectivity index (χ3n) is 9.73. The number of aryl methyl sites for hydroxylation is 1. The second-order valence-electron chi connectivity index (χ2n) is 13.0. The number of phenolic OH excluding ortho intramolecular Hbond substituents is 1. The van der Waals surface area contributed by atoms with Gasteiger partial charge in [0.25, 0.3) is 5.91 Å². The molecule has 2 heterocycles. The van der Waals surface area contributed by atoms with E-state index in [9.17, 15) is 14.7 Å². The normalized spacial score (nSPS) is 17.6. The molecule has 0 aromatic heterocycles. The number of ketones is 1. The van der Waals surface area contributed by atoms with Crippen LogP contribution in [0, 0.1) is 6.92 Å². The van der Waals surface area contributed by atoms with Crippen molar-refractivity contribution in [1.82, 2.24) is 9.80 Å². The van der Waals surface area contributed by atoms with Gasteiger partial charge in [-0.1, -0.05) is 44.6 Å². The first kappa shape index (κ1) is 30.8. The summed E-state index contributed by atoms with van der Waals surface area (Å²) in [7, 11) is -0.228. The Bertz CT molecular complexity index is 1740. The second-order valence-corrected chi connectivity index (χ2v) is 17.4. The smallest absolute Gasteiger partial charge is 0.253 e. The van der Waals surface area contributed by atoms with Crippen molar-refractivity contribution in [3.8, 4) is 5.75 Å². The number of anilines is 2. The van der Waals surface area contributed by atoms with Crippen LogP contribution in [0.3, 0.4) is 0 Å². The number of amides is 1. The van der Waals surface area contributed by atoms with E-state index in [4.69, 9.17) is 0 Å². The van der Waals surface area contributed by atoms with Gasteiger partial charge in [-0.15, -0.1) is 0 Å². The number of benzene rings is 3. The summed E-state index contributed by atoms with van der Waals surface area (Å²) in [5.74, 6) is 0.367. The van der Waals surface area contributed by atoms with E-state index in [1.165, 1.54) is 23.6 Å². The highest BCUT2D eigenvalue weighted by Crippen LogP contribution is 2.43. The van der Waals surface area contributed by atoms with E-state index in [1.807, 2.05) is 48.4 Å². The molecule has 7 heteroatoms. The Morgan fingerprint density at radius 3 is 2.29 bits per heavy atom. The highest BCUT2D eigenvalue weighted by atomic mass is 28.3. The van der Waals surface area contributed by atoms with Crippen LogP contribution in [0.2, 0.25) is 13.1 Å². The molecule has 0 bridgehead atoms. The minimum Gasteiger partial charge on any atom is -0.508 e. The first-order valence-electron chi connectivity index (χ1n) is 16.1. The van der Waals surface area contributed by atoms with Gasteiger partial charge in [-0.25, -0.2) is 0 Å². The monoisotopic (exact) mass is 617 g/mol. The van der Waals surface area contributed by atoms with Gasteiger partial charge in [0.1, 0.15) is 13.8 Å². The minimum atomic E-state index is -2.26. The molecule has 3 aromatic carbocycles. The van der Waals surface area contributed by atoms with E-state index >= 15 is 0 Å². The quantitative estimate of drug-likeness (QED) is 0.313. The number of nitrogens with zero attached hydrogens (tertiary/aromatic N) is 3. The second kappa shape index (κ2) is 12.3. The predicted molar refractivity (Wildman–Crippen MR) is 186 cm³/mol. The average Bonchev–Trinajstić information content (AvgIpc) is 3.04. The zero-order chi connectivity index (χ0) is 31.9. The number of phenols is 1. The molecule has 1 fully saturated rings. The van der Waals surface area contributed by atoms with E-state index in [2.05, 4.69) is 61.0 Å². The summed E-state index contributed by atoms with van der Waals surface area (Å²) >= 11 is 0. The van der Waals surface area contributed by atoms with Crippen molar-refractivity contribution in [3.63, 3.8) is 0 Å². The van der Waals surface area contributed by atoms with Gasteiger partial charge in [-0.05, 0) is 119 Å². The highest BCUT2D eigenvalue weighted by molar-refractivity contribution is 6.98. The molecule has 2 aliphatic heterocycles. The lowest BCUT2D eigenvalue weighted by molar-refractivity contribution is -0.110. The van der Waals surface area contributed by atoms with Crippen LogP contribution in [0.4, 0.5) is 11.4 Å². The summed E-state index contributed by atoms with van der Waals surface area (Å²) in [4.78, 5) is 32.9. The van der Waals surface area contributed by atoms with Crippen molar-refractivity contribution in [1.29, 1.82) is 0 Å². The summed E-state index contributed by atoms with van der Waals surface area (Å²) in [6.07, 6.45) is 7.90. The van der Waals surface area contributed by atoms with Crippen LogP contribution in [0.1, 0.15) is 46.8 Å². The van der Waals surface area contributed by atoms with Crippen molar-refractivity contribution >= 4 is 41.9 Å². The van der Waals surface area contributed by atoms with Crippen molar-refractivity contribution < 1.29 is 14.7 Å². The first-order chi connectivity index (χ1) is 21.6. The van der Waals surface area contributed by atoms with Crippen molar-refractivity contribution in [3.05, 3.63) is 112 Å². The molecule has 0 radical (unpaired) electrons. The number of aromatic hydroxyl groups is 1. The summed E-state index contributed by atoms with van der Waals surface area (Å²) in [5, 5.41) is 12.2. The molecule has 0 spiro atoms. The van der Waals surface area contributed by atoms with Gasteiger partial charge in [0.05, 0.1) is 0 Å². The van der Waals surface area contributed by atoms with E-state index in [0.29, 0.717) is 0 Å². The molecule has 0 unspecified atom stereocenters. The topological polar surface area (TPSA) is 64.1 Å². The standard InChI is InChI=1S/C38H43N3O3Si/c1-6-7-18-40-19-21-41(22-20-40)38(44)27-8-15-32(26(2)23-27)37-33-16-11-29(39(3)28-9-12-30(42)13-10-28)24-35(33)45(4,5)36-25-31(43)14-17-34(36)37/h8-17,23-25,42H,6-7,18-22H2,1-5H3. The molecule has 232 valence electrons. The lowest BCUT2D eigenvalue weighted by atomic mass is 9.87. The number of allylic oxidation sites excluding steroid dienone is 5. The fraction of sp³-hybridized carbons (Fsp3) is 0.316.